The molecule has 2 aromatic carbocycles. The Labute approximate surface area is 131 Å². The van der Waals surface area contributed by atoms with Crippen LogP contribution in [0.25, 0.3) is 10.9 Å². The van der Waals surface area contributed by atoms with E-state index in [-0.39, 0.29) is 23.2 Å². The van der Waals surface area contributed by atoms with Crippen LogP contribution >= 0.6 is 0 Å². The number of nitrogens with one attached hydrogen (secondary N) is 2. The molecule has 0 unspecified atom stereocenters. The molecule has 1 aromatic heterocycles. The Bertz CT molecular complexity index is 939. The van der Waals surface area contributed by atoms with Gasteiger partial charge in [0.15, 0.2) is 11.6 Å². The van der Waals surface area contributed by atoms with Crippen molar-refractivity contribution in [3.63, 3.8) is 0 Å². The summed E-state index contributed by atoms with van der Waals surface area (Å²) in [7, 11) is 0. The van der Waals surface area contributed by atoms with Gasteiger partial charge in [0, 0.05) is 12.0 Å². The van der Waals surface area contributed by atoms with E-state index in [1.54, 1.807) is 24.3 Å². The first-order valence-electron chi connectivity index (χ1n) is 7.39. The Morgan fingerprint density at radius 3 is 3.00 bits per heavy atom. The zero-order valence-electron chi connectivity index (χ0n) is 12.2. The first-order valence-corrected chi connectivity index (χ1v) is 7.39. The van der Waals surface area contributed by atoms with Gasteiger partial charge in [0.1, 0.15) is 0 Å². The normalized spacial score (nSPS) is 16.7. The highest BCUT2D eigenvalue weighted by Gasteiger charge is 2.24. The average molecular weight is 311 g/mol. The minimum Gasteiger partial charge on any atom is -0.490 e. The van der Waals surface area contributed by atoms with Crippen LogP contribution in [-0.4, -0.2) is 16.6 Å². The molecule has 3 aromatic rings. The van der Waals surface area contributed by atoms with Crippen molar-refractivity contribution in [3.05, 3.63) is 64.2 Å². The van der Waals surface area contributed by atoms with Gasteiger partial charge in [-0.1, -0.05) is 24.3 Å². The van der Waals surface area contributed by atoms with Gasteiger partial charge < -0.3 is 10.1 Å². The minimum atomic E-state index is -0.381. The van der Waals surface area contributed by atoms with E-state index in [9.17, 15) is 9.18 Å². The lowest BCUT2D eigenvalue weighted by Crippen LogP contribution is -2.23. The molecule has 0 saturated carbocycles. The van der Waals surface area contributed by atoms with Crippen LogP contribution in [0.2, 0.25) is 0 Å². The van der Waals surface area contributed by atoms with Gasteiger partial charge in [-0.15, -0.1) is 0 Å². The molecule has 1 aliphatic rings. The molecule has 5 nitrogen and oxygen atoms in total. The quantitative estimate of drug-likeness (QED) is 0.763. The van der Waals surface area contributed by atoms with E-state index >= 15 is 0 Å². The molecule has 23 heavy (non-hydrogen) atoms. The van der Waals surface area contributed by atoms with Gasteiger partial charge in [0.2, 0.25) is 5.95 Å². The molecule has 4 rings (SSSR count). The second kappa shape index (κ2) is 5.39. The number of fused-ring (bicyclic) bond motifs is 2. The van der Waals surface area contributed by atoms with Crippen LogP contribution in [0.5, 0.6) is 5.75 Å². The third-order valence-corrected chi connectivity index (χ3v) is 3.95. The van der Waals surface area contributed by atoms with E-state index in [4.69, 9.17) is 4.74 Å². The van der Waals surface area contributed by atoms with Crippen LogP contribution in [0, 0.1) is 5.82 Å². The number of benzene rings is 2. The van der Waals surface area contributed by atoms with E-state index in [2.05, 4.69) is 15.3 Å². The number of aromatic nitrogens is 2. The Balaban J connectivity index is 1.72. The summed E-state index contributed by atoms with van der Waals surface area (Å²) in [5, 5.41) is 3.72. The average Bonchev–Trinajstić information content (AvgIpc) is 2.56. The van der Waals surface area contributed by atoms with Crippen molar-refractivity contribution in [2.45, 2.75) is 12.5 Å². The van der Waals surface area contributed by atoms with Crippen LogP contribution in [0.1, 0.15) is 18.0 Å². The molecule has 6 heteroatoms. The summed E-state index contributed by atoms with van der Waals surface area (Å²) in [4.78, 5) is 19.3. The van der Waals surface area contributed by atoms with Crippen LogP contribution in [0.3, 0.4) is 0 Å². The molecule has 2 heterocycles. The predicted octanol–water partition coefficient (Wildman–Crippen LogP) is 3.00. The number of para-hydroxylation sites is 2. The molecule has 0 fully saturated rings. The fourth-order valence-corrected chi connectivity index (χ4v) is 2.86. The lowest BCUT2D eigenvalue weighted by Gasteiger charge is -2.27. The van der Waals surface area contributed by atoms with E-state index in [1.807, 2.05) is 12.1 Å². The second-order valence-electron chi connectivity index (χ2n) is 5.42. The largest absolute Gasteiger partial charge is 0.490 e. The monoisotopic (exact) mass is 311 g/mol. The summed E-state index contributed by atoms with van der Waals surface area (Å²) in [6.45, 7) is 0.406. The molecule has 1 atom stereocenters. The smallest absolute Gasteiger partial charge is 0.260 e. The maximum Gasteiger partial charge on any atom is 0.260 e. The fraction of sp³-hybridized carbons (Fsp3) is 0.176. The molecule has 0 amide bonds. The summed E-state index contributed by atoms with van der Waals surface area (Å²) in [5.41, 5.74) is 1.14. The van der Waals surface area contributed by atoms with Crippen LogP contribution in [0.15, 0.2) is 47.3 Å². The molecule has 0 spiro atoms. The number of nitrogens with zero attached hydrogens (tertiary/aromatic N) is 1. The van der Waals surface area contributed by atoms with Gasteiger partial charge in [-0.05, 0) is 18.2 Å². The highest BCUT2D eigenvalue weighted by molar-refractivity contribution is 5.78. The standard InChI is InChI=1S/C17H14FN3O2/c18-12-6-3-5-10-14(8-9-23-15(10)12)20-17-19-13-7-2-1-4-11(13)16(22)21-17/h1-7,14H,8-9H2,(H2,19,20,21,22)/t14-/m0/s1. The lowest BCUT2D eigenvalue weighted by atomic mass is 10.0. The van der Waals surface area contributed by atoms with Crippen molar-refractivity contribution >= 4 is 16.9 Å². The molecule has 1 aliphatic heterocycles. The van der Waals surface area contributed by atoms with Crippen LogP contribution in [-0.2, 0) is 0 Å². The Hall–Kier alpha value is -2.89. The van der Waals surface area contributed by atoms with Gasteiger partial charge in [0.25, 0.3) is 5.56 Å². The Kier molecular flexibility index (Phi) is 3.22. The van der Waals surface area contributed by atoms with Crippen molar-refractivity contribution in [1.82, 2.24) is 9.97 Å². The van der Waals surface area contributed by atoms with E-state index < -0.39 is 0 Å². The third-order valence-electron chi connectivity index (χ3n) is 3.95. The summed E-state index contributed by atoms with van der Waals surface area (Å²) in [6.07, 6.45) is 0.660. The van der Waals surface area contributed by atoms with E-state index in [0.29, 0.717) is 29.9 Å². The highest BCUT2D eigenvalue weighted by Crippen LogP contribution is 2.35. The number of hydrogen-bond donors (Lipinski definition) is 2. The predicted molar refractivity (Wildman–Crippen MR) is 85.2 cm³/mol. The molecule has 0 saturated heterocycles. The molecular weight excluding hydrogens is 297 g/mol. The molecule has 2 N–H and O–H groups in total. The van der Waals surface area contributed by atoms with E-state index in [0.717, 1.165) is 5.56 Å². The van der Waals surface area contributed by atoms with Gasteiger partial charge in [-0.3, -0.25) is 9.78 Å². The maximum atomic E-state index is 13.8. The number of anilines is 1. The first kappa shape index (κ1) is 13.8. The van der Waals surface area contributed by atoms with E-state index in [1.165, 1.54) is 6.07 Å². The molecule has 116 valence electrons. The maximum absolute atomic E-state index is 13.8. The highest BCUT2D eigenvalue weighted by atomic mass is 19.1. The lowest BCUT2D eigenvalue weighted by molar-refractivity contribution is 0.260. The Morgan fingerprint density at radius 2 is 2.09 bits per heavy atom. The van der Waals surface area contributed by atoms with Crippen LogP contribution < -0.4 is 15.6 Å². The zero-order valence-corrected chi connectivity index (χ0v) is 12.2. The van der Waals surface area contributed by atoms with Crippen molar-refractivity contribution in [3.8, 4) is 5.75 Å². The second-order valence-corrected chi connectivity index (χ2v) is 5.42. The van der Waals surface area contributed by atoms with Gasteiger partial charge in [0.05, 0.1) is 23.6 Å². The topological polar surface area (TPSA) is 67.0 Å². The number of aromatic amines is 1. The molecule has 0 aliphatic carbocycles. The molecular formula is C17H14FN3O2. The number of hydrogen-bond acceptors (Lipinski definition) is 4. The van der Waals surface area contributed by atoms with Crippen molar-refractivity contribution in [2.75, 3.05) is 11.9 Å². The van der Waals surface area contributed by atoms with Crippen LogP contribution in [0.4, 0.5) is 10.3 Å². The number of rotatable bonds is 2. The summed E-state index contributed by atoms with van der Waals surface area (Å²) in [5.74, 6) is 0.254. The summed E-state index contributed by atoms with van der Waals surface area (Å²) < 4.78 is 19.2. The van der Waals surface area contributed by atoms with Gasteiger partial charge >= 0.3 is 0 Å². The molecule has 0 radical (unpaired) electrons. The summed E-state index contributed by atoms with van der Waals surface area (Å²) in [6, 6.07) is 11.8. The van der Waals surface area contributed by atoms with Crippen molar-refractivity contribution in [2.24, 2.45) is 0 Å². The summed E-state index contributed by atoms with van der Waals surface area (Å²) >= 11 is 0. The Morgan fingerprint density at radius 1 is 1.22 bits per heavy atom. The zero-order chi connectivity index (χ0) is 15.8. The number of ether oxygens (including phenoxy) is 1. The minimum absolute atomic E-state index is 0.168. The van der Waals surface area contributed by atoms with Gasteiger partial charge in [-0.25, -0.2) is 9.37 Å². The fourth-order valence-electron chi connectivity index (χ4n) is 2.86. The van der Waals surface area contributed by atoms with Crippen molar-refractivity contribution < 1.29 is 9.13 Å². The molecule has 0 bridgehead atoms. The number of halogens is 1. The third kappa shape index (κ3) is 2.42. The first-order chi connectivity index (χ1) is 11.2. The SMILES string of the molecule is O=c1[nH]c(N[C@H]2CCOc3c(F)cccc32)nc2ccccc12. The number of H-pyrrole nitrogens is 1. The van der Waals surface area contributed by atoms with Gasteiger partial charge in [-0.2, -0.15) is 0 Å². The van der Waals surface area contributed by atoms with Crippen molar-refractivity contribution in [1.29, 1.82) is 0 Å².